The number of ether oxygens (including phenoxy) is 1. The summed E-state index contributed by atoms with van der Waals surface area (Å²) in [4.78, 5) is 31.5. The van der Waals surface area contributed by atoms with Crippen molar-refractivity contribution in [2.24, 2.45) is 0 Å². The lowest BCUT2D eigenvalue weighted by atomic mass is 10.0. The molecule has 3 rings (SSSR count). The van der Waals surface area contributed by atoms with E-state index in [1.807, 2.05) is 12.1 Å². The zero-order valence-electron chi connectivity index (χ0n) is 18.6. The Morgan fingerprint density at radius 1 is 1.03 bits per heavy atom. The normalized spacial score (nSPS) is 11.6. The first-order valence-electron chi connectivity index (χ1n) is 10.9. The highest BCUT2D eigenvalue weighted by atomic mass is 35.5. The van der Waals surface area contributed by atoms with Crippen molar-refractivity contribution in [1.82, 2.24) is 15.3 Å². The topological polar surface area (TPSA) is 101 Å². The predicted molar refractivity (Wildman–Crippen MR) is 131 cm³/mol. The van der Waals surface area contributed by atoms with Gasteiger partial charge in [-0.1, -0.05) is 48.7 Å². The number of amides is 1. The van der Waals surface area contributed by atoms with Crippen LogP contribution in [0.15, 0.2) is 54.9 Å². The van der Waals surface area contributed by atoms with Crippen LogP contribution in [-0.4, -0.2) is 33.5 Å². The summed E-state index contributed by atoms with van der Waals surface area (Å²) in [5.41, 5.74) is 2.91. The number of aliphatic carboxylic acids is 1. The number of aromatic nitrogens is 2. The molecule has 0 aliphatic rings. The second-order valence-electron chi connectivity index (χ2n) is 7.68. The number of carbonyl (C=O) groups is 2. The zero-order valence-corrected chi connectivity index (χ0v) is 20.1. The van der Waals surface area contributed by atoms with Gasteiger partial charge in [-0.3, -0.25) is 9.59 Å². The molecule has 2 aromatic carbocycles. The van der Waals surface area contributed by atoms with Gasteiger partial charge in [0, 0.05) is 40.1 Å². The van der Waals surface area contributed by atoms with Crippen LogP contribution in [-0.2, 0) is 4.79 Å². The summed E-state index contributed by atoms with van der Waals surface area (Å²) >= 11 is 12.2. The molecule has 0 saturated carbocycles. The van der Waals surface area contributed by atoms with Crippen LogP contribution in [0.4, 0.5) is 0 Å². The van der Waals surface area contributed by atoms with Crippen LogP contribution in [0, 0.1) is 0 Å². The summed E-state index contributed by atoms with van der Waals surface area (Å²) in [5.74, 6) is -1.28. The van der Waals surface area contributed by atoms with Crippen molar-refractivity contribution in [2.45, 2.75) is 38.7 Å². The molecule has 9 heteroatoms. The van der Waals surface area contributed by atoms with E-state index in [1.54, 1.807) is 42.7 Å². The van der Waals surface area contributed by atoms with E-state index in [1.165, 1.54) is 0 Å². The number of hydrogen-bond donors (Lipinski definition) is 2. The van der Waals surface area contributed by atoms with Crippen molar-refractivity contribution in [3.63, 3.8) is 0 Å². The Morgan fingerprint density at radius 3 is 2.26 bits per heavy atom. The molecule has 1 heterocycles. The molecule has 0 unspecified atom stereocenters. The minimum atomic E-state index is -0.960. The third kappa shape index (κ3) is 7.43. The van der Waals surface area contributed by atoms with Crippen LogP contribution in [0.25, 0.3) is 11.1 Å². The molecule has 1 amide bonds. The molecule has 0 radical (unpaired) electrons. The average molecular weight is 502 g/mol. The number of nitrogens with zero attached hydrogens (tertiary/aromatic N) is 2. The fourth-order valence-electron chi connectivity index (χ4n) is 3.29. The second-order valence-corrected chi connectivity index (χ2v) is 8.56. The molecule has 0 spiro atoms. The molecule has 1 aromatic heterocycles. The highest BCUT2D eigenvalue weighted by Gasteiger charge is 2.16. The second kappa shape index (κ2) is 12.3. The Balaban J connectivity index is 1.70. The predicted octanol–water partition coefficient (Wildman–Crippen LogP) is 5.97. The van der Waals surface area contributed by atoms with Gasteiger partial charge in [-0.15, -0.1) is 0 Å². The summed E-state index contributed by atoms with van der Waals surface area (Å²) in [7, 11) is 0. The molecule has 0 fully saturated rings. The lowest BCUT2D eigenvalue weighted by Gasteiger charge is -2.18. The van der Waals surface area contributed by atoms with Crippen LogP contribution >= 0.6 is 23.2 Å². The first kappa shape index (κ1) is 25.5. The van der Waals surface area contributed by atoms with Crippen LogP contribution in [0.1, 0.15) is 54.6 Å². The van der Waals surface area contributed by atoms with E-state index in [2.05, 4.69) is 22.2 Å². The number of benzene rings is 2. The van der Waals surface area contributed by atoms with E-state index < -0.39 is 5.97 Å². The van der Waals surface area contributed by atoms with E-state index in [4.69, 9.17) is 33.0 Å². The Hall–Kier alpha value is -3.16. The van der Waals surface area contributed by atoms with Crippen molar-refractivity contribution in [3.8, 4) is 17.1 Å². The summed E-state index contributed by atoms with van der Waals surface area (Å²) < 4.78 is 6.09. The molecule has 7 nitrogen and oxygen atoms in total. The summed E-state index contributed by atoms with van der Waals surface area (Å²) in [6, 6.07) is 12.5. The van der Waals surface area contributed by atoms with Gasteiger partial charge in [0.1, 0.15) is 6.10 Å². The standard InChI is InChI=1S/C25H25Cl2N3O4/c1-2-3-4-22(16-5-7-17(8-6-16)24(33)28-10-9-23(31)32)34-25-29-14-19(15-30-25)18-11-20(26)13-21(27)12-18/h5-8,11-15,22H,2-4,9-10H2,1H3,(H,28,33)(H,31,32)/t22-/m1/s1. The highest BCUT2D eigenvalue weighted by Crippen LogP contribution is 2.28. The van der Waals surface area contributed by atoms with Gasteiger partial charge >= 0.3 is 12.0 Å². The van der Waals surface area contributed by atoms with E-state index in [0.717, 1.165) is 36.0 Å². The van der Waals surface area contributed by atoms with Crippen LogP contribution < -0.4 is 10.1 Å². The van der Waals surface area contributed by atoms with Crippen molar-refractivity contribution in [2.75, 3.05) is 6.54 Å². The Kier molecular flexibility index (Phi) is 9.24. The molecule has 0 aliphatic heterocycles. The van der Waals surface area contributed by atoms with Gasteiger partial charge in [0.05, 0.1) is 6.42 Å². The van der Waals surface area contributed by atoms with Gasteiger partial charge in [-0.2, -0.15) is 0 Å². The van der Waals surface area contributed by atoms with Crippen LogP contribution in [0.3, 0.4) is 0 Å². The fraction of sp³-hybridized carbons (Fsp3) is 0.280. The lowest BCUT2D eigenvalue weighted by molar-refractivity contribution is -0.136. The Bertz CT molecular complexity index is 1100. The SMILES string of the molecule is CCCC[C@@H](Oc1ncc(-c2cc(Cl)cc(Cl)c2)cn1)c1ccc(C(=O)NCCC(=O)O)cc1. The summed E-state index contributed by atoms with van der Waals surface area (Å²) in [6.07, 6.45) is 5.61. The van der Waals surface area contributed by atoms with Crippen LogP contribution in [0.2, 0.25) is 10.0 Å². The average Bonchev–Trinajstić information content (AvgIpc) is 2.81. The van der Waals surface area contributed by atoms with E-state index in [0.29, 0.717) is 15.6 Å². The van der Waals surface area contributed by atoms with E-state index in [9.17, 15) is 9.59 Å². The van der Waals surface area contributed by atoms with Gasteiger partial charge < -0.3 is 15.2 Å². The lowest BCUT2D eigenvalue weighted by Crippen LogP contribution is -2.26. The maximum atomic E-state index is 12.2. The van der Waals surface area contributed by atoms with Gasteiger partial charge in [0.25, 0.3) is 5.91 Å². The molecule has 34 heavy (non-hydrogen) atoms. The van der Waals surface area contributed by atoms with Gasteiger partial charge in [-0.25, -0.2) is 9.97 Å². The quantitative estimate of drug-likeness (QED) is 0.335. The highest BCUT2D eigenvalue weighted by molar-refractivity contribution is 6.35. The molecule has 0 aliphatic carbocycles. The first-order chi connectivity index (χ1) is 16.4. The summed E-state index contributed by atoms with van der Waals surface area (Å²) in [6.45, 7) is 2.18. The number of carboxylic acids is 1. The maximum Gasteiger partial charge on any atom is 0.316 e. The first-order valence-corrected chi connectivity index (χ1v) is 11.7. The van der Waals surface area contributed by atoms with Gasteiger partial charge in [-0.05, 0) is 54.3 Å². The molecular formula is C25H25Cl2N3O4. The number of unbranched alkanes of at least 4 members (excludes halogenated alkanes) is 1. The number of halogens is 2. The number of rotatable bonds is 11. The molecule has 1 atom stereocenters. The third-order valence-corrected chi connectivity index (χ3v) is 5.50. The minimum Gasteiger partial charge on any atom is -0.481 e. The zero-order chi connectivity index (χ0) is 24.5. The minimum absolute atomic E-state index is 0.0763. The molecule has 0 bridgehead atoms. The van der Waals surface area contributed by atoms with Crippen molar-refractivity contribution < 1.29 is 19.4 Å². The largest absolute Gasteiger partial charge is 0.481 e. The van der Waals surface area contributed by atoms with Crippen molar-refractivity contribution in [1.29, 1.82) is 0 Å². The van der Waals surface area contributed by atoms with Gasteiger partial charge in [0.2, 0.25) is 0 Å². The van der Waals surface area contributed by atoms with Crippen LogP contribution in [0.5, 0.6) is 6.01 Å². The smallest absolute Gasteiger partial charge is 0.316 e. The molecule has 0 saturated heterocycles. The third-order valence-electron chi connectivity index (χ3n) is 5.06. The molecular weight excluding hydrogens is 477 g/mol. The monoisotopic (exact) mass is 501 g/mol. The fourth-order valence-corrected chi connectivity index (χ4v) is 3.82. The molecule has 2 N–H and O–H groups in total. The van der Waals surface area contributed by atoms with Gasteiger partial charge in [0.15, 0.2) is 0 Å². The number of nitrogens with one attached hydrogen (secondary N) is 1. The number of hydrogen-bond acceptors (Lipinski definition) is 5. The Morgan fingerprint density at radius 2 is 1.68 bits per heavy atom. The number of carbonyl (C=O) groups excluding carboxylic acids is 1. The van der Waals surface area contributed by atoms with E-state index >= 15 is 0 Å². The molecule has 178 valence electrons. The maximum absolute atomic E-state index is 12.2. The van der Waals surface area contributed by atoms with E-state index in [-0.39, 0.29) is 31.0 Å². The summed E-state index contributed by atoms with van der Waals surface area (Å²) in [5, 5.41) is 12.3. The Labute approximate surface area is 208 Å². The van der Waals surface area contributed by atoms with Crippen molar-refractivity contribution in [3.05, 3.63) is 76.0 Å². The molecule has 3 aromatic rings. The number of carboxylic acid groups (broad SMARTS) is 1. The van der Waals surface area contributed by atoms with Crippen molar-refractivity contribution >= 4 is 35.1 Å².